The van der Waals surface area contributed by atoms with Crippen LogP contribution in [-0.4, -0.2) is 33.0 Å². The number of benzene rings is 2. The minimum Gasteiger partial charge on any atom is -0.356 e. The van der Waals surface area contributed by atoms with Gasteiger partial charge in [0.25, 0.3) is 0 Å². The number of nitrogens with one attached hydrogen (secondary N) is 1. The highest BCUT2D eigenvalue weighted by molar-refractivity contribution is 7.99. The maximum absolute atomic E-state index is 11.9. The van der Waals surface area contributed by atoms with Gasteiger partial charge in [-0.15, -0.1) is 10.2 Å². The van der Waals surface area contributed by atoms with Gasteiger partial charge in [0, 0.05) is 30.2 Å². The lowest BCUT2D eigenvalue weighted by molar-refractivity contribution is -0.121. The number of carbonyl (C=O) groups excluding carboxylic acids is 1. The molecule has 0 spiro atoms. The van der Waals surface area contributed by atoms with Crippen molar-refractivity contribution in [2.24, 2.45) is 5.92 Å². The van der Waals surface area contributed by atoms with Crippen molar-refractivity contribution in [2.75, 3.05) is 12.3 Å². The summed E-state index contributed by atoms with van der Waals surface area (Å²) in [5, 5.41) is 13.3. The van der Waals surface area contributed by atoms with E-state index >= 15 is 0 Å². The lowest BCUT2D eigenvalue weighted by Crippen LogP contribution is -2.27. The summed E-state index contributed by atoms with van der Waals surface area (Å²) in [7, 11) is 0. The topological polar surface area (TPSA) is 59.8 Å². The van der Waals surface area contributed by atoms with E-state index in [1.54, 1.807) is 11.8 Å². The number of nitrogens with zero attached hydrogens (tertiary/aromatic N) is 3. The van der Waals surface area contributed by atoms with Crippen LogP contribution >= 0.6 is 23.4 Å². The third-order valence-electron chi connectivity index (χ3n) is 4.46. The normalized spacial score (nSPS) is 11.1. The van der Waals surface area contributed by atoms with Gasteiger partial charge < -0.3 is 5.32 Å². The Morgan fingerprint density at radius 1 is 1.13 bits per heavy atom. The van der Waals surface area contributed by atoms with E-state index in [1.165, 1.54) is 5.56 Å². The van der Waals surface area contributed by atoms with Crippen molar-refractivity contribution >= 4 is 29.3 Å². The van der Waals surface area contributed by atoms with E-state index in [-0.39, 0.29) is 5.91 Å². The van der Waals surface area contributed by atoms with Crippen LogP contribution in [0.4, 0.5) is 0 Å². The molecular formula is C23H27ClN4OS. The van der Waals surface area contributed by atoms with Crippen LogP contribution in [0.15, 0.2) is 59.8 Å². The highest BCUT2D eigenvalue weighted by Gasteiger charge is 2.15. The third-order valence-corrected chi connectivity index (χ3v) is 5.71. The highest BCUT2D eigenvalue weighted by atomic mass is 35.5. The Morgan fingerprint density at radius 3 is 2.67 bits per heavy atom. The van der Waals surface area contributed by atoms with Gasteiger partial charge in [-0.05, 0) is 36.1 Å². The monoisotopic (exact) mass is 442 g/mol. The molecule has 0 saturated carbocycles. The van der Waals surface area contributed by atoms with Crippen molar-refractivity contribution in [1.29, 1.82) is 0 Å². The first kappa shape index (κ1) is 22.4. The van der Waals surface area contributed by atoms with E-state index in [0.29, 0.717) is 23.8 Å². The molecule has 0 aliphatic carbocycles. The number of hydrogen-bond donors (Lipinski definition) is 1. The van der Waals surface area contributed by atoms with Gasteiger partial charge in [-0.25, -0.2) is 0 Å². The Balaban J connectivity index is 1.70. The SMILES string of the molecule is CC(C)CNC(=O)CCCSc1nnc(Cc2ccccc2)n1-c1cccc(Cl)c1. The van der Waals surface area contributed by atoms with Crippen LogP contribution in [0.1, 0.15) is 38.1 Å². The second-order valence-corrected chi connectivity index (χ2v) is 9.02. The summed E-state index contributed by atoms with van der Waals surface area (Å²) in [6.45, 7) is 4.90. The number of rotatable bonds is 10. The molecule has 30 heavy (non-hydrogen) atoms. The number of amides is 1. The van der Waals surface area contributed by atoms with Crippen LogP contribution in [0.5, 0.6) is 0 Å². The molecule has 1 amide bonds. The first-order valence-electron chi connectivity index (χ1n) is 10.2. The molecule has 5 nitrogen and oxygen atoms in total. The predicted octanol–water partition coefficient (Wildman–Crippen LogP) is 5.16. The number of thioether (sulfide) groups is 1. The van der Waals surface area contributed by atoms with E-state index in [4.69, 9.17) is 11.6 Å². The second-order valence-electron chi connectivity index (χ2n) is 7.53. The van der Waals surface area contributed by atoms with Crippen LogP contribution in [-0.2, 0) is 11.2 Å². The Labute approximate surface area is 187 Å². The zero-order valence-corrected chi connectivity index (χ0v) is 18.9. The molecule has 0 saturated heterocycles. The quantitative estimate of drug-likeness (QED) is 0.348. The van der Waals surface area contributed by atoms with Crippen molar-refractivity contribution in [2.45, 2.75) is 38.3 Å². The number of halogens is 1. The Hall–Kier alpha value is -2.31. The molecular weight excluding hydrogens is 416 g/mol. The van der Waals surface area contributed by atoms with Gasteiger partial charge in [0.1, 0.15) is 5.82 Å². The van der Waals surface area contributed by atoms with Gasteiger partial charge in [0.15, 0.2) is 5.16 Å². The minimum absolute atomic E-state index is 0.102. The predicted molar refractivity (Wildman–Crippen MR) is 123 cm³/mol. The van der Waals surface area contributed by atoms with E-state index in [0.717, 1.165) is 35.4 Å². The Bertz CT molecular complexity index is 959. The number of aromatic nitrogens is 3. The largest absolute Gasteiger partial charge is 0.356 e. The average Bonchev–Trinajstić information content (AvgIpc) is 3.12. The van der Waals surface area contributed by atoms with Gasteiger partial charge in [-0.3, -0.25) is 9.36 Å². The molecule has 0 aliphatic rings. The third kappa shape index (κ3) is 6.61. The van der Waals surface area contributed by atoms with Gasteiger partial charge in [-0.1, -0.05) is 73.6 Å². The zero-order chi connectivity index (χ0) is 21.3. The van der Waals surface area contributed by atoms with Crippen molar-refractivity contribution < 1.29 is 4.79 Å². The van der Waals surface area contributed by atoms with Gasteiger partial charge in [0.2, 0.25) is 5.91 Å². The summed E-state index contributed by atoms with van der Waals surface area (Å²) in [5.41, 5.74) is 2.11. The summed E-state index contributed by atoms with van der Waals surface area (Å²) in [6.07, 6.45) is 1.98. The molecule has 1 aromatic heterocycles. The summed E-state index contributed by atoms with van der Waals surface area (Å²) in [6, 6.07) is 17.9. The van der Waals surface area contributed by atoms with Crippen molar-refractivity contribution in [3.63, 3.8) is 0 Å². The lowest BCUT2D eigenvalue weighted by atomic mass is 10.1. The maximum atomic E-state index is 11.9. The molecule has 3 rings (SSSR count). The first-order chi connectivity index (χ1) is 14.5. The molecule has 0 fully saturated rings. The molecule has 2 aromatic carbocycles. The van der Waals surface area contributed by atoms with Crippen molar-refractivity contribution in [3.05, 3.63) is 71.0 Å². The molecule has 0 bridgehead atoms. The number of carbonyl (C=O) groups is 1. The van der Waals surface area contributed by atoms with Gasteiger partial charge in [0.05, 0.1) is 5.69 Å². The molecule has 158 valence electrons. The molecule has 7 heteroatoms. The molecule has 3 aromatic rings. The smallest absolute Gasteiger partial charge is 0.220 e. The molecule has 1 N–H and O–H groups in total. The molecule has 0 atom stereocenters. The van der Waals surface area contributed by atoms with E-state index < -0.39 is 0 Å². The molecule has 0 radical (unpaired) electrons. The van der Waals surface area contributed by atoms with E-state index in [9.17, 15) is 4.79 Å². The van der Waals surface area contributed by atoms with E-state index in [2.05, 4.69) is 46.1 Å². The Kier molecular flexibility index (Phi) is 8.34. The van der Waals surface area contributed by atoms with Crippen molar-refractivity contribution in [3.8, 4) is 5.69 Å². The van der Waals surface area contributed by atoms with Crippen molar-refractivity contribution in [1.82, 2.24) is 20.1 Å². The molecule has 1 heterocycles. The maximum Gasteiger partial charge on any atom is 0.220 e. The van der Waals surface area contributed by atoms with Crippen LogP contribution in [0, 0.1) is 5.92 Å². The average molecular weight is 443 g/mol. The van der Waals surface area contributed by atoms with Gasteiger partial charge >= 0.3 is 0 Å². The fraction of sp³-hybridized carbons (Fsp3) is 0.348. The van der Waals surface area contributed by atoms with Gasteiger partial charge in [-0.2, -0.15) is 0 Å². The van der Waals surface area contributed by atoms with Crippen LogP contribution in [0.2, 0.25) is 5.02 Å². The van der Waals surface area contributed by atoms with Crippen LogP contribution < -0.4 is 5.32 Å². The zero-order valence-electron chi connectivity index (χ0n) is 17.3. The van der Waals surface area contributed by atoms with Crippen LogP contribution in [0.25, 0.3) is 5.69 Å². The summed E-state index contributed by atoms with van der Waals surface area (Å²) in [5.74, 6) is 2.22. The highest BCUT2D eigenvalue weighted by Crippen LogP contribution is 2.26. The standard InChI is InChI=1S/C23H27ClN4OS/c1-17(2)16-25-22(29)12-7-13-30-23-27-26-21(14-18-8-4-3-5-9-18)28(23)20-11-6-10-19(24)15-20/h3-6,8-11,15,17H,7,12-14,16H2,1-2H3,(H,25,29). The summed E-state index contributed by atoms with van der Waals surface area (Å²) < 4.78 is 2.06. The summed E-state index contributed by atoms with van der Waals surface area (Å²) in [4.78, 5) is 11.9. The molecule has 0 unspecified atom stereocenters. The van der Waals surface area contributed by atoms with E-state index in [1.807, 2.05) is 42.5 Å². The fourth-order valence-electron chi connectivity index (χ4n) is 2.96. The Morgan fingerprint density at radius 2 is 1.93 bits per heavy atom. The minimum atomic E-state index is 0.102. The lowest BCUT2D eigenvalue weighted by Gasteiger charge is -2.11. The number of hydrogen-bond acceptors (Lipinski definition) is 4. The fourth-order valence-corrected chi connectivity index (χ4v) is 4.06. The summed E-state index contributed by atoms with van der Waals surface area (Å²) >= 11 is 7.85. The van der Waals surface area contributed by atoms with Crippen LogP contribution in [0.3, 0.4) is 0 Å². The second kappa shape index (κ2) is 11.2. The first-order valence-corrected chi connectivity index (χ1v) is 11.5. The molecule has 0 aliphatic heterocycles.